The maximum absolute atomic E-state index is 3.62. The van der Waals surface area contributed by atoms with E-state index in [1.807, 2.05) is 0 Å². The zero-order chi connectivity index (χ0) is 23.3. The van der Waals surface area contributed by atoms with Crippen LogP contribution in [0.25, 0.3) is 0 Å². The second-order valence-electron chi connectivity index (χ2n) is 9.65. The number of piperazine rings is 1. The molecule has 3 N–H and O–H groups in total. The highest BCUT2D eigenvalue weighted by Crippen LogP contribution is 2.17. The zero-order valence-corrected chi connectivity index (χ0v) is 20.9. The Hall–Kier alpha value is -1.96. The average Bonchev–Trinajstić information content (AvgIpc) is 2.88. The molecular weight excluding hydrogens is 420 g/mol. The largest absolute Gasteiger partial charge is 0.369 e. The highest BCUT2D eigenvalue weighted by molar-refractivity contribution is 5.46. The quantitative estimate of drug-likeness (QED) is 0.632. The van der Waals surface area contributed by atoms with E-state index in [1.54, 1.807) is 0 Å². The minimum absolute atomic E-state index is 1.04. The van der Waals surface area contributed by atoms with Crippen molar-refractivity contribution >= 4 is 5.69 Å². The van der Waals surface area contributed by atoms with E-state index < -0.39 is 0 Å². The Labute approximate surface area is 206 Å². The summed E-state index contributed by atoms with van der Waals surface area (Å²) in [5.74, 6) is 0. The number of nitrogens with zero attached hydrogens (tertiary/aromatic N) is 3. The summed E-state index contributed by atoms with van der Waals surface area (Å²) in [4.78, 5) is 7.70. The molecule has 0 unspecified atom stereocenters. The molecule has 0 radical (unpaired) electrons. The van der Waals surface area contributed by atoms with Crippen molar-refractivity contribution in [2.24, 2.45) is 0 Å². The molecule has 34 heavy (non-hydrogen) atoms. The van der Waals surface area contributed by atoms with Gasteiger partial charge in [0, 0.05) is 71.1 Å². The van der Waals surface area contributed by atoms with E-state index in [0.29, 0.717) is 0 Å². The van der Waals surface area contributed by atoms with Crippen LogP contribution in [0.3, 0.4) is 0 Å². The number of nitrogens with one attached hydrogen (secondary N) is 3. The average molecular weight is 465 g/mol. The van der Waals surface area contributed by atoms with Crippen molar-refractivity contribution in [3.8, 4) is 0 Å². The second-order valence-corrected chi connectivity index (χ2v) is 9.65. The summed E-state index contributed by atoms with van der Waals surface area (Å²) in [5, 5.41) is 10.7. The SMILES string of the molecule is c1ccc(N2CCN(Cc3ccc(CN4CCCNCCNCCCNCC4)cc3)CC2)cc1. The summed E-state index contributed by atoms with van der Waals surface area (Å²) >= 11 is 0. The van der Waals surface area contributed by atoms with Crippen molar-refractivity contribution in [2.45, 2.75) is 25.9 Å². The van der Waals surface area contributed by atoms with Gasteiger partial charge in [0.05, 0.1) is 0 Å². The van der Waals surface area contributed by atoms with Crippen molar-refractivity contribution in [1.29, 1.82) is 0 Å². The van der Waals surface area contributed by atoms with Gasteiger partial charge in [0.25, 0.3) is 0 Å². The maximum Gasteiger partial charge on any atom is 0.0367 e. The molecule has 2 heterocycles. The first-order chi connectivity index (χ1) is 16.9. The molecule has 6 nitrogen and oxygen atoms in total. The number of para-hydroxylation sites is 1. The predicted octanol–water partition coefficient (Wildman–Crippen LogP) is 2.37. The summed E-state index contributed by atoms with van der Waals surface area (Å²) in [6.07, 6.45) is 2.40. The molecule has 6 heteroatoms. The molecule has 0 amide bonds. The Morgan fingerprint density at radius 1 is 0.500 bits per heavy atom. The fourth-order valence-electron chi connectivity index (χ4n) is 4.89. The molecule has 2 aliphatic rings. The van der Waals surface area contributed by atoms with E-state index in [4.69, 9.17) is 0 Å². The van der Waals surface area contributed by atoms with Gasteiger partial charge in [-0.1, -0.05) is 42.5 Å². The highest BCUT2D eigenvalue weighted by atomic mass is 15.3. The van der Waals surface area contributed by atoms with E-state index in [-0.39, 0.29) is 0 Å². The Balaban J connectivity index is 1.22. The summed E-state index contributed by atoms with van der Waals surface area (Å²) in [7, 11) is 0. The Morgan fingerprint density at radius 3 is 1.71 bits per heavy atom. The number of hydrogen-bond donors (Lipinski definition) is 3. The van der Waals surface area contributed by atoms with Gasteiger partial charge < -0.3 is 20.9 Å². The van der Waals surface area contributed by atoms with Gasteiger partial charge in [0.1, 0.15) is 0 Å². The number of rotatable bonds is 5. The summed E-state index contributed by atoms with van der Waals surface area (Å²) in [6.45, 7) is 15.3. The van der Waals surface area contributed by atoms with Gasteiger partial charge in [0.2, 0.25) is 0 Å². The monoisotopic (exact) mass is 464 g/mol. The lowest BCUT2D eigenvalue weighted by Gasteiger charge is -2.36. The number of anilines is 1. The van der Waals surface area contributed by atoms with Crippen molar-refractivity contribution in [3.05, 3.63) is 65.7 Å². The van der Waals surface area contributed by atoms with Crippen LogP contribution in [0.1, 0.15) is 24.0 Å². The molecule has 0 bridgehead atoms. The van der Waals surface area contributed by atoms with Crippen molar-refractivity contribution in [3.63, 3.8) is 0 Å². The summed E-state index contributed by atoms with van der Waals surface area (Å²) < 4.78 is 0. The lowest BCUT2D eigenvalue weighted by Crippen LogP contribution is -2.45. The normalized spacial score (nSPS) is 20.6. The van der Waals surface area contributed by atoms with E-state index in [0.717, 1.165) is 91.6 Å². The van der Waals surface area contributed by atoms with Crippen LogP contribution in [-0.2, 0) is 13.1 Å². The van der Waals surface area contributed by atoms with Crippen LogP contribution >= 0.6 is 0 Å². The molecule has 0 saturated carbocycles. The first-order valence-electron chi connectivity index (χ1n) is 13.3. The third-order valence-electron chi connectivity index (χ3n) is 6.95. The first-order valence-corrected chi connectivity index (χ1v) is 13.3. The van der Waals surface area contributed by atoms with Crippen molar-refractivity contribution in [1.82, 2.24) is 25.8 Å². The van der Waals surface area contributed by atoms with Gasteiger partial charge in [-0.3, -0.25) is 9.80 Å². The van der Waals surface area contributed by atoms with E-state index in [1.165, 1.54) is 29.7 Å². The molecular formula is C28H44N6. The molecule has 2 aromatic carbocycles. The fourth-order valence-corrected chi connectivity index (χ4v) is 4.89. The lowest BCUT2D eigenvalue weighted by atomic mass is 10.1. The first kappa shape index (κ1) is 25.1. The highest BCUT2D eigenvalue weighted by Gasteiger charge is 2.17. The van der Waals surface area contributed by atoms with Gasteiger partial charge in [-0.15, -0.1) is 0 Å². The molecule has 2 saturated heterocycles. The van der Waals surface area contributed by atoms with Crippen LogP contribution in [0.5, 0.6) is 0 Å². The van der Waals surface area contributed by atoms with Gasteiger partial charge in [-0.25, -0.2) is 0 Å². The zero-order valence-electron chi connectivity index (χ0n) is 20.9. The minimum atomic E-state index is 1.04. The summed E-state index contributed by atoms with van der Waals surface area (Å²) in [5.41, 5.74) is 4.20. The van der Waals surface area contributed by atoms with Crippen LogP contribution in [0.2, 0.25) is 0 Å². The van der Waals surface area contributed by atoms with E-state index >= 15 is 0 Å². The smallest absolute Gasteiger partial charge is 0.0367 e. The summed E-state index contributed by atoms with van der Waals surface area (Å²) in [6, 6.07) is 20.2. The fraction of sp³-hybridized carbons (Fsp3) is 0.571. The molecule has 186 valence electrons. The van der Waals surface area contributed by atoms with Gasteiger partial charge >= 0.3 is 0 Å². The molecule has 0 spiro atoms. The Morgan fingerprint density at radius 2 is 1.06 bits per heavy atom. The van der Waals surface area contributed by atoms with E-state index in [9.17, 15) is 0 Å². The predicted molar refractivity (Wildman–Crippen MR) is 143 cm³/mol. The van der Waals surface area contributed by atoms with Gasteiger partial charge in [0.15, 0.2) is 0 Å². The second kappa shape index (κ2) is 14.4. The van der Waals surface area contributed by atoms with Gasteiger partial charge in [-0.2, -0.15) is 0 Å². The van der Waals surface area contributed by atoms with Crippen molar-refractivity contribution in [2.75, 3.05) is 83.4 Å². The van der Waals surface area contributed by atoms with E-state index in [2.05, 4.69) is 85.2 Å². The molecule has 0 atom stereocenters. The van der Waals surface area contributed by atoms with Crippen LogP contribution in [0.15, 0.2) is 54.6 Å². The van der Waals surface area contributed by atoms with Crippen LogP contribution < -0.4 is 20.9 Å². The van der Waals surface area contributed by atoms with Crippen molar-refractivity contribution < 1.29 is 0 Å². The number of hydrogen-bond acceptors (Lipinski definition) is 6. The molecule has 2 aliphatic heterocycles. The van der Waals surface area contributed by atoms with Crippen LogP contribution in [0.4, 0.5) is 5.69 Å². The molecule has 0 aliphatic carbocycles. The third kappa shape index (κ3) is 8.67. The Kier molecular flexibility index (Phi) is 10.7. The standard InChI is InChI=1S/C28H44N6/c1-2-6-28(7-3-1)34-22-20-33(21-23-34)25-27-10-8-26(9-11-27)24-32-18-5-14-30-16-15-29-12-4-13-31-17-19-32/h1-3,6-11,29-31H,4-5,12-25H2. The molecule has 2 fully saturated rings. The number of benzene rings is 2. The molecule has 0 aromatic heterocycles. The van der Waals surface area contributed by atoms with Crippen LogP contribution in [0, 0.1) is 0 Å². The molecule has 2 aromatic rings. The molecule has 4 rings (SSSR count). The van der Waals surface area contributed by atoms with Crippen LogP contribution in [-0.4, -0.2) is 88.3 Å². The topological polar surface area (TPSA) is 45.8 Å². The maximum atomic E-state index is 3.62. The lowest BCUT2D eigenvalue weighted by molar-refractivity contribution is 0.249. The minimum Gasteiger partial charge on any atom is -0.369 e. The van der Waals surface area contributed by atoms with Gasteiger partial charge in [-0.05, 0) is 62.3 Å². The Bertz CT molecular complexity index is 774. The third-order valence-corrected chi connectivity index (χ3v) is 6.95.